The van der Waals surface area contributed by atoms with Crippen molar-refractivity contribution in [1.29, 1.82) is 0 Å². The molecular weight excluding hydrogens is 376 g/mol. The Hall–Kier alpha value is -2.61. The van der Waals surface area contributed by atoms with Crippen molar-refractivity contribution in [2.24, 2.45) is 0 Å². The van der Waals surface area contributed by atoms with Gasteiger partial charge in [0.25, 0.3) is 0 Å². The number of aromatic amines is 1. The Kier molecular flexibility index (Phi) is 4.97. The van der Waals surface area contributed by atoms with Crippen LogP contribution >= 0.6 is 0 Å². The minimum absolute atomic E-state index is 0.0809. The highest BCUT2D eigenvalue weighted by Gasteiger charge is 2.31. The molecule has 1 aromatic carbocycles. The van der Waals surface area contributed by atoms with E-state index in [1.54, 1.807) is 10.7 Å². The first-order valence-corrected chi connectivity index (χ1v) is 11.3. The van der Waals surface area contributed by atoms with E-state index < -0.39 is 9.84 Å². The maximum atomic E-state index is 12.4. The Morgan fingerprint density at radius 3 is 2.96 bits per heavy atom. The van der Waals surface area contributed by atoms with E-state index in [4.69, 9.17) is 0 Å². The van der Waals surface area contributed by atoms with Gasteiger partial charge < -0.3 is 10.3 Å². The van der Waals surface area contributed by atoms with Gasteiger partial charge in [-0.15, -0.1) is 0 Å². The Bertz CT molecular complexity index is 1110. The largest absolute Gasteiger partial charge is 0.361 e. The average molecular weight is 401 g/mol. The zero-order valence-corrected chi connectivity index (χ0v) is 16.6. The van der Waals surface area contributed by atoms with E-state index in [1.165, 1.54) is 10.9 Å². The SMILES string of the molecule is Cc1cc(NC(=O)CCCc2c[nH]c3ccccc23)n(C2CCS(=O)(=O)C2)n1. The number of carbonyl (C=O) groups is 1. The second-order valence-corrected chi connectivity index (χ2v) is 9.66. The molecule has 2 aromatic heterocycles. The number of aryl methyl sites for hydroxylation is 2. The number of sulfone groups is 1. The van der Waals surface area contributed by atoms with E-state index >= 15 is 0 Å². The molecule has 0 radical (unpaired) electrons. The average Bonchev–Trinajstić information content (AvgIpc) is 3.32. The molecule has 2 N–H and O–H groups in total. The third-order valence-electron chi connectivity index (χ3n) is 5.20. The van der Waals surface area contributed by atoms with Crippen molar-refractivity contribution < 1.29 is 13.2 Å². The van der Waals surface area contributed by atoms with E-state index in [2.05, 4.69) is 21.5 Å². The molecule has 1 amide bonds. The Labute approximate surface area is 164 Å². The van der Waals surface area contributed by atoms with Gasteiger partial charge in [-0.05, 0) is 37.8 Å². The van der Waals surface area contributed by atoms with Gasteiger partial charge in [0.15, 0.2) is 9.84 Å². The molecule has 0 saturated carbocycles. The minimum atomic E-state index is -3.01. The fourth-order valence-corrected chi connectivity index (χ4v) is 5.53. The van der Waals surface area contributed by atoms with Gasteiger partial charge in [0, 0.05) is 29.6 Å². The smallest absolute Gasteiger partial charge is 0.225 e. The Balaban J connectivity index is 1.37. The standard InChI is InChI=1S/C20H24N4O3S/c1-14-11-19(24(23-14)16-9-10-28(26,27)13-16)22-20(25)8-4-5-15-12-21-18-7-3-2-6-17(15)18/h2-3,6-7,11-12,16,21H,4-5,8-10,13H2,1H3,(H,22,25). The number of hydrogen-bond acceptors (Lipinski definition) is 4. The van der Waals surface area contributed by atoms with Crippen LogP contribution in [0, 0.1) is 6.92 Å². The van der Waals surface area contributed by atoms with Crippen LogP contribution in [0.15, 0.2) is 36.5 Å². The van der Waals surface area contributed by atoms with Crippen molar-refractivity contribution in [2.75, 3.05) is 16.8 Å². The van der Waals surface area contributed by atoms with E-state index in [-0.39, 0.29) is 23.5 Å². The molecule has 0 bridgehead atoms. The van der Waals surface area contributed by atoms with Crippen molar-refractivity contribution in [1.82, 2.24) is 14.8 Å². The zero-order chi connectivity index (χ0) is 19.7. The normalized spacial score (nSPS) is 18.5. The van der Waals surface area contributed by atoms with E-state index in [0.29, 0.717) is 18.7 Å². The predicted molar refractivity (Wildman–Crippen MR) is 109 cm³/mol. The van der Waals surface area contributed by atoms with E-state index in [1.807, 2.05) is 31.3 Å². The van der Waals surface area contributed by atoms with Crippen molar-refractivity contribution in [3.8, 4) is 0 Å². The van der Waals surface area contributed by atoms with Crippen LogP contribution in [0.25, 0.3) is 10.9 Å². The lowest BCUT2D eigenvalue weighted by atomic mass is 10.1. The number of aromatic nitrogens is 3. The fraction of sp³-hybridized carbons (Fsp3) is 0.400. The van der Waals surface area contributed by atoms with Crippen LogP contribution in [0.5, 0.6) is 0 Å². The lowest BCUT2D eigenvalue weighted by molar-refractivity contribution is -0.116. The lowest BCUT2D eigenvalue weighted by Crippen LogP contribution is -2.19. The summed E-state index contributed by atoms with van der Waals surface area (Å²) in [5.41, 5.74) is 3.08. The maximum absolute atomic E-state index is 12.4. The number of amides is 1. The van der Waals surface area contributed by atoms with Gasteiger partial charge in [-0.25, -0.2) is 13.1 Å². The maximum Gasteiger partial charge on any atom is 0.225 e. The second-order valence-electron chi connectivity index (χ2n) is 7.43. The van der Waals surface area contributed by atoms with Crippen LogP contribution in [0.1, 0.15) is 36.6 Å². The number of anilines is 1. The first kappa shape index (κ1) is 18.7. The lowest BCUT2D eigenvalue weighted by Gasteiger charge is -2.13. The van der Waals surface area contributed by atoms with Crippen LogP contribution in [-0.2, 0) is 21.1 Å². The highest BCUT2D eigenvalue weighted by atomic mass is 32.2. The van der Waals surface area contributed by atoms with Crippen LogP contribution in [0.3, 0.4) is 0 Å². The van der Waals surface area contributed by atoms with Crippen LogP contribution in [0.2, 0.25) is 0 Å². The number of H-pyrrole nitrogens is 1. The minimum Gasteiger partial charge on any atom is -0.361 e. The first-order chi connectivity index (χ1) is 13.4. The topological polar surface area (TPSA) is 96.9 Å². The number of fused-ring (bicyclic) bond motifs is 1. The Morgan fingerprint density at radius 2 is 2.18 bits per heavy atom. The highest BCUT2D eigenvalue weighted by Crippen LogP contribution is 2.27. The molecule has 7 nitrogen and oxygen atoms in total. The van der Waals surface area contributed by atoms with Crippen molar-refractivity contribution >= 4 is 32.5 Å². The van der Waals surface area contributed by atoms with Gasteiger partial charge in [0.05, 0.1) is 23.2 Å². The molecule has 4 rings (SSSR count). The number of benzene rings is 1. The number of rotatable bonds is 6. The summed E-state index contributed by atoms with van der Waals surface area (Å²) >= 11 is 0. The molecular formula is C20H24N4O3S. The third kappa shape index (κ3) is 3.96. The molecule has 3 aromatic rings. The molecule has 1 aliphatic rings. The Morgan fingerprint density at radius 1 is 1.36 bits per heavy atom. The van der Waals surface area contributed by atoms with Gasteiger partial charge >= 0.3 is 0 Å². The summed E-state index contributed by atoms with van der Waals surface area (Å²) in [7, 11) is -3.01. The second kappa shape index (κ2) is 7.43. The molecule has 1 atom stereocenters. The molecule has 148 valence electrons. The molecule has 0 aliphatic carbocycles. The number of para-hydroxylation sites is 1. The number of nitrogens with one attached hydrogen (secondary N) is 2. The van der Waals surface area contributed by atoms with Gasteiger partial charge in [-0.3, -0.25) is 4.79 Å². The monoisotopic (exact) mass is 400 g/mol. The summed E-state index contributed by atoms with van der Waals surface area (Å²) < 4.78 is 25.2. The molecule has 1 aliphatic heterocycles. The van der Waals surface area contributed by atoms with Crippen LogP contribution in [-0.4, -0.2) is 40.6 Å². The van der Waals surface area contributed by atoms with E-state index in [0.717, 1.165) is 24.1 Å². The summed E-state index contributed by atoms with van der Waals surface area (Å²) in [6.45, 7) is 1.84. The molecule has 3 heterocycles. The van der Waals surface area contributed by atoms with E-state index in [9.17, 15) is 13.2 Å². The van der Waals surface area contributed by atoms with Gasteiger partial charge in [0.1, 0.15) is 5.82 Å². The summed E-state index contributed by atoms with van der Waals surface area (Å²) in [5, 5.41) is 8.51. The molecule has 28 heavy (non-hydrogen) atoms. The number of nitrogens with zero attached hydrogens (tertiary/aromatic N) is 2. The van der Waals surface area contributed by atoms with Gasteiger partial charge in [-0.2, -0.15) is 5.10 Å². The quantitative estimate of drug-likeness (QED) is 0.665. The number of hydrogen-bond donors (Lipinski definition) is 2. The molecule has 0 spiro atoms. The van der Waals surface area contributed by atoms with Crippen LogP contribution in [0.4, 0.5) is 5.82 Å². The molecule has 1 fully saturated rings. The van der Waals surface area contributed by atoms with Gasteiger partial charge in [0.2, 0.25) is 5.91 Å². The number of carbonyl (C=O) groups excluding carboxylic acids is 1. The summed E-state index contributed by atoms with van der Waals surface area (Å²) in [6.07, 6.45) is 4.48. The third-order valence-corrected chi connectivity index (χ3v) is 6.95. The fourth-order valence-electron chi connectivity index (χ4n) is 3.84. The van der Waals surface area contributed by atoms with Crippen molar-refractivity contribution in [3.05, 3.63) is 47.8 Å². The molecule has 8 heteroatoms. The summed E-state index contributed by atoms with van der Waals surface area (Å²) in [4.78, 5) is 15.7. The zero-order valence-electron chi connectivity index (χ0n) is 15.8. The van der Waals surface area contributed by atoms with Gasteiger partial charge in [-0.1, -0.05) is 18.2 Å². The predicted octanol–water partition coefficient (Wildman–Crippen LogP) is 2.99. The first-order valence-electron chi connectivity index (χ1n) is 9.53. The van der Waals surface area contributed by atoms with Crippen molar-refractivity contribution in [2.45, 2.75) is 38.6 Å². The van der Waals surface area contributed by atoms with Crippen LogP contribution < -0.4 is 5.32 Å². The molecule has 1 unspecified atom stereocenters. The summed E-state index contributed by atoms with van der Waals surface area (Å²) in [6, 6.07) is 9.72. The van der Waals surface area contributed by atoms with Crippen molar-refractivity contribution in [3.63, 3.8) is 0 Å². The molecule has 1 saturated heterocycles. The highest BCUT2D eigenvalue weighted by molar-refractivity contribution is 7.91. The summed E-state index contributed by atoms with van der Waals surface area (Å²) in [5.74, 6) is 0.755.